The third-order valence-electron chi connectivity index (χ3n) is 5.95. The van der Waals surface area contributed by atoms with Crippen molar-refractivity contribution in [1.29, 1.82) is 0 Å². The second-order valence-electron chi connectivity index (χ2n) is 8.43. The summed E-state index contributed by atoms with van der Waals surface area (Å²) in [7, 11) is -1.32. The highest BCUT2D eigenvalue weighted by atomic mass is 32.2. The summed E-state index contributed by atoms with van der Waals surface area (Å²) in [5.41, 5.74) is 6.41. The Balaban J connectivity index is 1.95. The van der Waals surface area contributed by atoms with Gasteiger partial charge in [0.25, 0.3) is 0 Å². The number of rotatable bonds is 9. The molecule has 160 valence electrons. The molecule has 1 aromatic rings. The van der Waals surface area contributed by atoms with Crippen molar-refractivity contribution in [3.8, 4) is 0 Å². The second-order valence-corrected chi connectivity index (χ2v) is 9.90. The third-order valence-corrected chi connectivity index (χ3v) is 6.78. The molecular formula is C22H31NO5S. The number of fused-ring (bicyclic) bond motifs is 1. The monoisotopic (exact) mass is 421 g/mol. The van der Waals surface area contributed by atoms with Crippen LogP contribution in [0, 0.1) is 5.92 Å². The smallest absolute Gasteiger partial charge is 0.337 e. The van der Waals surface area contributed by atoms with Gasteiger partial charge in [0, 0.05) is 41.2 Å². The van der Waals surface area contributed by atoms with Crippen molar-refractivity contribution in [3.63, 3.8) is 0 Å². The van der Waals surface area contributed by atoms with E-state index in [2.05, 4.69) is 6.08 Å². The molecule has 3 atom stereocenters. The van der Waals surface area contributed by atoms with E-state index in [-0.39, 0.29) is 12.2 Å². The molecule has 2 aliphatic rings. The number of carboxylic acids is 1. The van der Waals surface area contributed by atoms with Crippen LogP contribution in [0.4, 0.5) is 0 Å². The van der Waals surface area contributed by atoms with Crippen LogP contribution in [0.1, 0.15) is 62.5 Å². The van der Waals surface area contributed by atoms with Gasteiger partial charge in [-0.2, -0.15) is 0 Å². The molecule has 0 spiro atoms. The molecule has 0 aromatic carbocycles. The first-order chi connectivity index (χ1) is 13.7. The highest BCUT2D eigenvalue weighted by Crippen LogP contribution is 2.38. The number of hydrogen-bond donors (Lipinski definition) is 3. The van der Waals surface area contributed by atoms with E-state index in [0.29, 0.717) is 5.76 Å². The first-order valence-corrected chi connectivity index (χ1v) is 11.9. The van der Waals surface area contributed by atoms with Crippen molar-refractivity contribution in [2.75, 3.05) is 12.0 Å². The normalized spacial score (nSPS) is 22.2. The summed E-state index contributed by atoms with van der Waals surface area (Å²) >= 11 is 0. The van der Waals surface area contributed by atoms with Crippen LogP contribution < -0.4 is 5.73 Å². The average molecular weight is 422 g/mol. The zero-order chi connectivity index (χ0) is 21.2. The summed E-state index contributed by atoms with van der Waals surface area (Å²) in [6, 6.07) is 0.842. The molecule has 3 rings (SSSR count). The summed E-state index contributed by atoms with van der Waals surface area (Å²) in [6.07, 6.45) is 11.4. The Morgan fingerprint density at radius 1 is 1.45 bits per heavy atom. The molecule has 1 heterocycles. The lowest BCUT2D eigenvalue weighted by Crippen LogP contribution is -2.56. The van der Waals surface area contributed by atoms with E-state index >= 15 is 0 Å². The summed E-state index contributed by atoms with van der Waals surface area (Å²) < 4.78 is 17.7. The fourth-order valence-corrected chi connectivity index (χ4v) is 4.62. The summed E-state index contributed by atoms with van der Waals surface area (Å²) in [5, 5.41) is 20.8. The molecule has 0 bridgehead atoms. The van der Waals surface area contributed by atoms with Crippen LogP contribution in [-0.2, 0) is 22.0 Å². The Morgan fingerprint density at radius 3 is 2.79 bits per heavy atom. The second kappa shape index (κ2) is 8.98. The van der Waals surface area contributed by atoms with Gasteiger partial charge in [-0.15, -0.1) is 0 Å². The molecule has 1 saturated carbocycles. The number of aliphatic hydroxyl groups is 1. The lowest BCUT2D eigenvalue weighted by molar-refractivity contribution is -0.159. The fourth-order valence-electron chi connectivity index (χ4n) is 3.84. The molecule has 7 heteroatoms. The summed E-state index contributed by atoms with van der Waals surface area (Å²) in [6.45, 7) is 1.96. The predicted octanol–water partition coefficient (Wildman–Crippen LogP) is 3.11. The molecule has 0 amide bonds. The quantitative estimate of drug-likeness (QED) is 0.564. The number of carbonyl (C=O) groups is 1. The Kier molecular flexibility index (Phi) is 6.81. The molecular weight excluding hydrogens is 390 g/mol. The lowest BCUT2D eigenvalue weighted by atomic mass is 9.82. The van der Waals surface area contributed by atoms with Crippen molar-refractivity contribution in [2.45, 2.75) is 63.5 Å². The zero-order valence-corrected chi connectivity index (χ0v) is 18.0. The molecule has 2 aliphatic carbocycles. The predicted molar refractivity (Wildman–Crippen MR) is 115 cm³/mol. The van der Waals surface area contributed by atoms with Crippen LogP contribution in [0.25, 0.3) is 11.6 Å². The molecule has 0 saturated heterocycles. The van der Waals surface area contributed by atoms with Gasteiger partial charge in [0.05, 0.1) is 6.04 Å². The first kappa shape index (κ1) is 22.0. The van der Waals surface area contributed by atoms with Gasteiger partial charge in [-0.3, -0.25) is 4.21 Å². The Bertz CT molecular complexity index is 851. The number of aliphatic carboxylic acids is 1. The van der Waals surface area contributed by atoms with Crippen molar-refractivity contribution >= 4 is 28.4 Å². The lowest BCUT2D eigenvalue weighted by Gasteiger charge is -2.31. The van der Waals surface area contributed by atoms with Gasteiger partial charge in [0.2, 0.25) is 0 Å². The molecule has 0 radical (unpaired) electrons. The minimum Gasteiger partial charge on any atom is -0.479 e. The first-order valence-electron chi connectivity index (χ1n) is 10.2. The minimum atomic E-state index is -2.20. The van der Waals surface area contributed by atoms with Crippen LogP contribution in [0.5, 0.6) is 0 Å². The Hall–Kier alpha value is -1.70. The van der Waals surface area contributed by atoms with Gasteiger partial charge >= 0.3 is 5.97 Å². The van der Waals surface area contributed by atoms with E-state index in [4.69, 9.17) is 10.2 Å². The maximum absolute atomic E-state index is 12.0. The number of allylic oxidation sites excluding steroid dienone is 2. The molecule has 0 aliphatic heterocycles. The average Bonchev–Trinajstić information content (AvgIpc) is 3.39. The molecule has 1 aromatic heterocycles. The van der Waals surface area contributed by atoms with Crippen molar-refractivity contribution in [2.24, 2.45) is 11.7 Å². The van der Waals surface area contributed by atoms with Crippen molar-refractivity contribution in [1.82, 2.24) is 0 Å². The molecule has 1 fully saturated rings. The van der Waals surface area contributed by atoms with Gasteiger partial charge in [0.15, 0.2) is 5.60 Å². The van der Waals surface area contributed by atoms with E-state index in [1.165, 1.54) is 19.1 Å². The topological polar surface area (TPSA) is 114 Å². The molecule has 29 heavy (non-hydrogen) atoms. The highest BCUT2D eigenvalue weighted by Gasteiger charge is 2.44. The molecule has 6 nitrogen and oxygen atoms in total. The molecule has 4 N–H and O–H groups in total. The minimum absolute atomic E-state index is 0.0834. The van der Waals surface area contributed by atoms with E-state index in [1.54, 1.807) is 0 Å². The number of carboxylic acid groups (broad SMARTS) is 1. The zero-order valence-electron chi connectivity index (χ0n) is 17.1. The Morgan fingerprint density at radius 2 is 2.17 bits per heavy atom. The van der Waals surface area contributed by atoms with Gasteiger partial charge in [0.1, 0.15) is 11.5 Å². The Labute approximate surface area is 174 Å². The van der Waals surface area contributed by atoms with Crippen LogP contribution in [0.3, 0.4) is 0 Å². The van der Waals surface area contributed by atoms with E-state index in [1.807, 2.05) is 19.1 Å². The number of aryl methyl sites for hydroxylation is 1. The van der Waals surface area contributed by atoms with Gasteiger partial charge in [-0.1, -0.05) is 24.5 Å². The summed E-state index contributed by atoms with van der Waals surface area (Å²) in [5.74, 6) is 0.897. The standard InChI is InChI=1S/C22H31NO5S/c1-14-5-3-4-6-19-17(11-16(28-19)10-9-15-7-8-15)18(14)12-22(26,21(24)25)20(23)13-29(2)27/h4,6,11,15,20,26H,3,5,7-10,12-13,23H2,1-2H3,(H,24,25)/b6-4-,18-14?/t20-,22+,29?/m0/s1. The number of nitrogens with two attached hydrogens (primary N) is 1. The van der Waals surface area contributed by atoms with Crippen LogP contribution >= 0.6 is 0 Å². The van der Waals surface area contributed by atoms with Gasteiger partial charge in [-0.05, 0) is 49.8 Å². The largest absolute Gasteiger partial charge is 0.479 e. The van der Waals surface area contributed by atoms with E-state index in [9.17, 15) is 19.2 Å². The van der Waals surface area contributed by atoms with Crippen molar-refractivity contribution in [3.05, 3.63) is 34.8 Å². The van der Waals surface area contributed by atoms with Gasteiger partial charge < -0.3 is 20.4 Å². The number of hydrogen-bond acceptors (Lipinski definition) is 5. The number of furan rings is 1. The fraction of sp³-hybridized carbons (Fsp3) is 0.591. The molecule has 1 unspecified atom stereocenters. The van der Waals surface area contributed by atoms with Gasteiger partial charge in [-0.25, -0.2) is 4.79 Å². The summed E-state index contributed by atoms with van der Waals surface area (Å²) in [4.78, 5) is 12.0. The van der Waals surface area contributed by atoms with Crippen LogP contribution in [0.15, 0.2) is 22.1 Å². The van der Waals surface area contributed by atoms with Crippen LogP contribution in [0.2, 0.25) is 0 Å². The highest BCUT2D eigenvalue weighted by molar-refractivity contribution is 7.84. The van der Waals surface area contributed by atoms with Crippen molar-refractivity contribution < 1.29 is 23.6 Å². The maximum atomic E-state index is 12.0. The van der Waals surface area contributed by atoms with Crippen LogP contribution in [-0.4, -0.2) is 44.0 Å². The third kappa shape index (κ3) is 5.27. The van der Waals surface area contributed by atoms with E-state index in [0.717, 1.165) is 54.1 Å². The van der Waals surface area contributed by atoms with E-state index < -0.39 is 28.4 Å². The SMILES string of the molecule is CC1=C(C[C@](O)(C(=O)O)[C@@H](N)CS(C)=O)c2cc(CCC3CC3)oc2/C=C\CC1. The maximum Gasteiger partial charge on any atom is 0.337 e.